The highest BCUT2D eigenvalue weighted by molar-refractivity contribution is 5.83. The van der Waals surface area contributed by atoms with Crippen LogP contribution in [0.3, 0.4) is 0 Å². The van der Waals surface area contributed by atoms with Crippen LogP contribution in [0.2, 0.25) is 0 Å². The van der Waals surface area contributed by atoms with Gasteiger partial charge in [-0.2, -0.15) is 0 Å². The van der Waals surface area contributed by atoms with Crippen LogP contribution in [0.1, 0.15) is 19.5 Å². The van der Waals surface area contributed by atoms with Crippen molar-refractivity contribution in [2.75, 3.05) is 20.3 Å². The van der Waals surface area contributed by atoms with Crippen molar-refractivity contribution in [3.63, 3.8) is 0 Å². The Balaban J connectivity index is 0.00000441. The van der Waals surface area contributed by atoms with Crippen molar-refractivity contribution in [2.45, 2.75) is 25.9 Å². The summed E-state index contributed by atoms with van der Waals surface area (Å²) >= 11 is 0. The molecule has 4 rings (SSSR count). The summed E-state index contributed by atoms with van der Waals surface area (Å²) in [5.41, 5.74) is 2.78. The minimum atomic E-state index is -0.502. The van der Waals surface area contributed by atoms with Crippen LogP contribution in [-0.4, -0.2) is 52.9 Å². The highest BCUT2D eigenvalue weighted by atomic mass is 16.6. The summed E-state index contributed by atoms with van der Waals surface area (Å²) in [6.07, 6.45) is 2.39. The number of hydrogen-bond acceptors (Lipinski definition) is 6. The van der Waals surface area contributed by atoms with Crippen molar-refractivity contribution in [3.8, 4) is 11.5 Å². The van der Waals surface area contributed by atoms with Gasteiger partial charge in [-0.3, -0.25) is 19.7 Å². The molecule has 0 bridgehead atoms. The van der Waals surface area contributed by atoms with Crippen molar-refractivity contribution in [1.82, 2.24) is 15.2 Å². The third kappa shape index (κ3) is 7.13. The van der Waals surface area contributed by atoms with Gasteiger partial charge in [0.1, 0.15) is 11.5 Å². The number of ether oxygens (including phenoxy) is 2. The highest BCUT2D eigenvalue weighted by Gasteiger charge is 2.22. The van der Waals surface area contributed by atoms with Crippen molar-refractivity contribution in [2.24, 2.45) is 0 Å². The van der Waals surface area contributed by atoms with Crippen molar-refractivity contribution >= 4 is 28.4 Å². The molecule has 204 valence electrons. The van der Waals surface area contributed by atoms with Gasteiger partial charge in [0.05, 0.1) is 18.1 Å². The molecule has 0 saturated carbocycles. The van der Waals surface area contributed by atoms with Crippen LogP contribution in [0.5, 0.6) is 11.5 Å². The number of aromatic nitrogens is 1. The molecule has 0 fully saturated rings. The number of aromatic amines is 1. The number of benzene rings is 3. The Morgan fingerprint density at radius 2 is 1.77 bits per heavy atom. The summed E-state index contributed by atoms with van der Waals surface area (Å²) in [7, 11) is 1.59. The predicted molar refractivity (Wildman–Crippen MR) is 149 cm³/mol. The summed E-state index contributed by atoms with van der Waals surface area (Å²) in [5, 5.41) is 14.9. The van der Waals surface area contributed by atoms with Crippen molar-refractivity contribution < 1.29 is 25.4 Å². The Morgan fingerprint density at radius 1 is 1.05 bits per heavy atom. The average Bonchev–Trinajstić information content (AvgIpc) is 3.34. The number of H-pyrrole nitrogens is 1. The van der Waals surface area contributed by atoms with Crippen LogP contribution >= 0.6 is 0 Å². The van der Waals surface area contributed by atoms with Crippen LogP contribution < -0.4 is 14.8 Å². The van der Waals surface area contributed by atoms with Crippen molar-refractivity contribution in [1.29, 1.82) is 0 Å². The highest BCUT2D eigenvalue weighted by Crippen LogP contribution is 2.22. The number of nitrogens with zero attached hydrogens (tertiary/aromatic N) is 2. The first kappa shape index (κ1) is 27.2. The summed E-state index contributed by atoms with van der Waals surface area (Å²) in [6.45, 7) is 1.79. The van der Waals surface area contributed by atoms with E-state index in [1.807, 2.05) is 54.7 Å². The van der Waals surface area contributed by atoms with Gasteiger partial charge in [0.15, 0.2) is 6.61 Å². The van der Waals surface area contributed by atoms with Crippen LogP contribution in [0.4, 0.5) is 5.69 Å². The number of fused-ring (bicyclic) bond motifs is 1. The Bertz CT molecular complexity index is 1460. The fourth-order valence-corrected chi connectivity index (χ4v) is 4.42. The zero-order chi connectivity index (χ0) is 27.8. The second-order valence-electron chi connectivity index (χ2n) is 9.08. The minimum Gasteiger partial charge on any atom is -0.496 e. The number of hydrogen-bond donors (Lipinski definition) is 2. The predicted octanol–water partition coefficient (Wildman–Crippen LogP) is 4.49. The lowest BCUT2D eigenvalue weighted by molar-refractivity contribution is -0.384. The maximum Gasteiger partial charge on any atom is 0.269 e. The summed E-state index contributed by atoms with van der Waals surface area (Å²) < 4.78 is 11.0. The second-order valence-corrected chi connectivity index (χ2v) is 9.08. The quantitative estimate of drug-likeness (QED) is 0.205. The Kier molecular flexibility index (Phi) is 8.78. The Morgan fingerprint density at radius 3 is 2.49 bits per heavy atom. The maximum atomic E-state index is 12.9. The monoisotopic (exact) mass is 532 g/mol. The molecule has 10 nitrogen and oxygen atoms in total. The Hall–Kier alpha value is -4.86. The first-order valence-corrected chi connectivity index (χ1v) is 12.4. The van der Waals surface area contributed by atoms with E-state index in [1.165, 1.54) is 31.2 Å². The molecule has 1 unspecified atom stereocenters. The molecule has 2 N–H and O–H groups in total. The number of amides is 2. The third-order valence-electron chi connectivity index (χ3n) is 6.36. The topological polar surface area (TPSA) is 127 Å². The molecule has 2 amide bonds. The number of para-hydroxylation sites is 2. The molecule has 4 aromatic rings. The molecule has 0 saturated heterocycles. The average molecular weight is 533 g/mol. The van der Waals surface area contributed by atoms with Gasteiger partial charge in [0.25, 0.3) is 11.6 Å². The van der Waals surface area contributed by atoms with Gasteiger partial charge in [-0.05, 0) is 36.2 Å². The van der Waals surface area contributed by atoms with E-state index in [0.717, 1.165) is 22.0 Å². The number of nitro groups is 1. The van der Waals surface area contributed by atoms with Gasteiger partial charge < -0.3 is 24.7 Å². The van der Waals surface area contributed by atoms with Gasteiger partial charge in [-0.25, -0.2) is 0 Å². The largest absolute Gasteiger partial charge is 0.496 e. The molecule has 0 spiro atoms. The van der Waals surface area contributed by atoms with E-state index in [4.69, 9.17) is 9.47 Å². The summed E-state index contributed by atoms with van der Waals surface area (Å²) in [5.74, 6) is 0.503. The lowest BCUT2D eigenvalue weighted by Crippen LogP contribution is -2.47. The number of nitro benzene ring substituents is 1. The van der Waals surface area contributed by atoms with Crippen molar-refractivity contribution in [3.05, 3.63) is 100 Å². The molecule has 39 heavy (non-hydrogen) atoms. The number of carbonyl (C=O) groups is 2. The maximum absolute atomic E-state index is 12.9. The molecule has 1 aromatic heterocycles. The van der Waals surface area contributed by atoms with E-state index in [2.05, 4.69) is 10.3 Å². The molecule has 0 aliphatic rings. The second kappa shape index (κ2) is 12.6. The van der Waals surface area contributed by atoms with Gasteiger partial charge >= 0.3 is 0 Å². The van der Waals surface area contributed by atoms with Crippen LogP contribution in [0.25, 0.3) is 10.9 Å². The third-order valence-corrected chi connectivity index (χ3v) is 6.36. The van der Waals surface area contributed by atoms with Crippen LogP contribution in [-0.2, 0) is 22.6 Å². The van der Waals surface area contributed by atoms with E-state index < -0.39 is 11.0 Å². The summed E-state index contributed by atoms with van der Waals surface area (Å²) in [6, 6.07) is 20.5. The minimum absolute atomic E-state index is 0. The molecule has 0 radical (unpaired) electrons. The smallest absolute Gasteiger partial charge is 0.269 e. The number of methoxy groups -OCH3 is 1. The number of rotatable bonds is 12. The fraction of sp³-hybridized carbons (Fsp3) is 0.241. The molecule has 10 heteroatoms. The van der Waals surface area contributed by atoms with Crippen LogP contribution in [0.15, 0.2) is 79.0 Å². The normalized spacial score (nSPS) is 11.5. The molecule has 1 atom stereocenters. The first-order valence-electron chi connectivity index (χ1n) is 12.4. The van der Waals surface area contributed by atoms with Gasteiger partial charge in [-0.15, -0.1) is 0 Å². The lowest BCUT2D eigenvalue weighted by atomic mass is 10.0. The standard InChI is InChI=1S/C29H30N4O6.H2/c1-20(34)32(17-21-7-3-6-10-28(21)38-2)18-23(15-22-16-30-27-9-5-4-8-26(22)27)31-29(35)19-39-25-13-11-24(12-14-25)33(36)37;/h3-14,16,23,30H,15,17-19H2,1-2H3,(H,31,35);1H. The number of non-ortho nitro benzene ring substituents is 1. The van der Waals surface area contributed by atoms with Gasteiger partial charge in [0.2, 0.25) is 5.91 Å². The van der Waals surface area contributed by atoms with E-state index in [9.17, 15) is 19.7 Å². The summed E-state index contributed by atoms with van der Waals surface area (Å²) in [4.78, 5) is 40.9. The zero-order valence-corrected chi connectivity index (χ0v) is 21.8. The van der Waals surface area contributed by atoms with E-state index in [1.54, 1.807) is 12.0 Å². The first-order chi connectivity index (χ1) is 18.8. The zero-order valence-electron chi connectivity index (χ0n) is 21.8. The molecule has 0 aliphatic carbocycles. The Labute approximate surface area is 227 Å². The van der Waals surface area contributed by atoms with E-state index in [-0.39, 0.29) is 32.1 Å². The molecular formula is C29H32N4O6. The van der Waals surface area contributed by atoms with Gasteiger partial charge in [0, 0.05) is 56.2 Å². The SMILES string of the molecule is COc1ccccc1CN(CC(Cc1c[nH]c2ccccc12)NC(=O)COc1ccc([N+](=O)[O-])cc1)C(C)=O.[HH]. The van der Waals surface area contributed by atoms with E-state index in [0.29, 0.717) is 24.5 Å². The number of nitrogens with one attached hydrogen (secondary N) is 2. The molecular weight excluding hydrogens is 500 g/mol. The van der Waals surface area contributed by atoms with Gasteiger partial charge in [-0.1, -0.05) is 36.4 Å². The molecule has 0 aliphatic heterocycles. The fourth-order valence-electron chi connectivity index (χ4n) is 4.42. The number of carbonyl (C=O) groups excluding carboxylic acids is 2. The molecule has 3 aromatic carbocycles. The lowest BCUT2D eigenvalue weighted by Gasteiger charge is -2.28. The molecule has 1 heterocycles. The van der Waals surface area contributed by atoms with E-state index >= 15 is 0 Å². The van der Waals surface area contributed by atoms with Crippen LogP contribution in [0, 0.1) is 10.1 Å².